The standard InChI is InChI=1S/C23H21NO4/c25-21(17-10-4-1-5-11-17)20(24-22(26)18-12-6-2-7-13-18)16-28-23(27)19-14-8-3-9-15-19/h1-15,20-21,25H,16H2,(H,24,26)/t20-,21-/m1/s1. The van der Waals surface area contributed by atoms with Crippen LogP contribution in [0.1, 0.15) is 32.4 Å². The van der Waals surface area contributed by atoms with Crippen LogP contribution in [0.5, 0.6) is 0 Å². The highest BCUT2D eigenvalue weighted by atomic mass is 16.5. The van der Waals surface area contributed by atoms with E-state index in [-0.39, 0.29) is 12.5 Å². The second-order valence-corrected chi connectivity index (χ2v) is 6.27. The summed E-state index contributed by atoms with van der Waals surface area (Å²) in [5, 5.41) is 13.5. The summed E-state index contributed by atoms with van der Waals surface area (Å²) in [5.41, 5.74) is 1.49. The first kappa shape index (κ1) is 19.3. The molecule has 0 fully saturated rings. The Bertz CT molecular complexity index is 898. The quantitative estimate of drug-likeness (QED) is 0.621. The third kappa shape index (κ3) is 5.05. The number of carbonyl (C=O) groups is 2. The third-order valence-electron chi connectivity index (χ3n) is 4.28. The molecular formula is C23H21NO4. The highest BCUT2D eigenvalue weighted by Gasteiger charge is 2.25. The number of benzene rings is 3. The predicted octanol–water partition coefficient (Wildman–Crippen LogP) is 3.38. The van der Waals surface area contributed by atoms with E-state index in [1.54, 1.807) is 78.9 Å². The smallest absolute Gasteiger partial charge is 0.338 e. The Morgan fingerprint density at radius 1 is 0.786 bits per heavy atom. The molecule has 0 bridgehead atoms. The molecule has 3 rings (SSSR count). The number of aliphatic hydroxyl groups excluding tert-OH is 1. The van der Waals surface area contributed by atoms with Gasteiger partial charge in [0.2, 0.25) is 0 Å². The normalized spacial score (nSPS) is 12.6. The van der Waals surface area contributed by atoms with E-state index in [9.17, 15) is 14.7 Å². The SMILES string of the molecule is O=C(N[C@H](COC(=O)c1ccccc1)[C@H](O)c1ccccc1)c1ccccc1. The molecule has 28 heavy (non-hydrogen) atoms. The number of hydrogen-bond donors (Lipinski definition) is 2. The van der Waals surface area contributed by atoms with E-state index in [2.05, 4.69) is 5.32 Å². The molecule has 0 saturated heterocycles. The Morgan fingerprint density at radius 3 is 1.86 bits per heavy atom. The summed E-state index contributed by atoms with van der Waals surface area (Å²) in [6.07, 6.45) is -1.03. The second-order valence-electron chi connectivity index (χ2n) is 6.27. The first-order valence-corrected chi connectivity index (χ1v) is 8.96. The molecule has 3 aromatic rings. The highest BCUT2D eigenvalue weighted by molar-refractivity contribution is 5.94. The van der Waals surface area contributed by atoms with E-state index in [1.165, 1.54) is 0 Å². The van der Waals surface area contributed by atoms with Crippen LogP contribution in [0.3, 0.4) is 0 Å². The van der Waals surface area contributed by atoms with Crippen LogP contribution in [0.2, 0.25) is 0 Å². The molecule has 0 unspecified atom stereocenters. The molecule has 0 aliphatic rings. The molecular weight excluding hydrogens is 354 g/mol. The van der Waals surface area contributed by atoms with Crippen molar-refractivity contribution in [3.8, 4) is 0 Å². The predicted molar refractivity (Wildman–Crippen MR) is 106 cm³/mol. The second kappa shape index (κ2) is 9.48. The molecule has 3 aromatic carbocycles. The average molecular weight is 375 g/mol. The minimum Gasteiger partial charge on any atom is -0.460 e. The average Bonchev–Trinajstić information content (AvgIpc) is 2.77. The monoisotopic (exact) mass is 375 g/mol. The van der Waals surface area contributed by atoms with Gasteiger partial charge >= 0.3 is 5.97 Å². The van der Waals surface area contributed by atoms with Crippen molar-refractivity contribution in [1.29, 1.82) is 0 Å². The molecule has 0 aromatic heterocycles. The summed E-state index contributed by atoms with van der Waals surface area (Å²) in [6.45, 7) is -0.164. The van der Waals surface area contributed by atoms with Crippen LogP contribution in [-0.2, 0) is 4.74 Å². The molecule has 0 spiro atoms. The fraction of sp³-hybridized carbons (Fsp3) is 0.130. The number of amides is 1. The van der Waals surface area contributed by atoms with Gasteiger partial charge in [-0.15, -0.1) is 0 Å². The Balaban J connectivity index is 1.74. The molecule has 0 saturated carbocycles. The van der Waals surface area contributed by atoms with Crippen molar-refractivity contribution in [2.45, 2.75) is 12.1 Å². The minimum absolute atomic E-state index is 0.164. The molecule has 5 heteroatoms. The van der Waals surface area contributed by atoms with Crippen LogP contribution in [0.25, 0.3) is 0 Å². The van der Waals surface area contributed by atoms with Crippen LogP contribution in [0.15, 0.2) is 91.0 Å². The largest absolute Gasteiger partial charge is 0.460 e. The number of ether oxygens (including phenoxy) is 1. The maximum absolute atomic E-state index is 12.5. The number of rotatable bonds is 7. The van der Waals surface area contributed by atoms with E-state index >= 15 is 0 Å². The Hall–Kier alpha value is -3.44. The minimum atomic E-state index is -1.03. The van der Waals surface area contributed by atoms with Crippen LogP contribution in [0, 0.1) is 0 Å². The van der Waals surface area contributed by atoms with Crippen LogP contribution in [0.4, 0.5) is 0 Å². The zero-order valence-electron chi connectivity index (χ0n) is 15.2. The number of carbonyl (C=O) groups excluding carboxylic acids is 2. The van der Waals surface area contributed by atoms with Gasteiger partial charge < -0.3 is 15.2 Å². The lowest BCUT2D eigenvalue weighted by atomic mass is 10.0. The van der Waals surface area contributed by atoms with Gasteiger partial charge in [-0.05, 0) is 29.8 Å². The Labute approximate surface area is 163 Å². The summed E-state index contributed by atoms with van der Waals surface area (Å²) >= 11 is 0. The lowest BCUT2D eigenvalue weighted by Crippen LogP contribution is -2.43. The first-order chi connectivity index (χ1) is 13.6. The Morgan fingerprint density at radius 2 is 1.29 bits per heavy atom. The molecule has 1 amide bonds. The van der Waals surface area contributed by atoms with Crippen LogP contribution in [-0.4, -0.2) is 29.6 Å². The van der Waals surface area contributed by atoms with E-state index in [0.29, 0.717) is 16.7 Å². The van der Waals surface area contributed by atoms with Crippen molar-refractivity contribution in [3.05, 3.63) is 108 Å². The number of hydrogen-bond acceptors (Lipinski definition) is 4. The maximum atomic E-state index is 12.5. The van der Waals surface area contributed by atoms with Gasteiger partial charge in [-0.25, -0.2) is 4.79 Å². The van der Waals surface area contributed by atoms with Gasteiger partial charge in [0.1, 0.15) is 12.7 Å². The van der Waals surface area contributed by atoms with E-state index in [1.807, 2.05) is 12.1 Å². The molecule has 0 heterocycles. The lowest BCUT2D eigenvalue weighted by Gasteiger charge is -2.24. The van der Waals surface area contributed by atoms with Crippen molar-refractivity contribution in [1.82, 2.24) is 5.32 Å². The topological polar surface area (TPSA) is 75.6 Å². The fourth-order valence-electron chi connectivity index (χ4n) is 2.76. The van der Waals surface area contributed by atoms with Crippen molar-refractivity contribution in [3.63, 3.8) is 0 Å². The summed E-state index contributed by atoms with van der Waals surface area (Å²) in [4.78, 5) is 24.8. The zero-order valence-corrected chi connectivity index (χ0v) is 15.2. The fourth-order valence-corrected chi connectivity index (χ4v) is 2.76. The van der Waals surface area contributed by atoms with Crippen molar-refractivity contribution < 1.29 is 19.4 Å². The molecule has 5 nitrogen and oxygen atoms in total. The summed E-state index contributed by atoms with van der Waals surface area (Å²) in [7, 11) is 0. The number of nitrogens with one attached hydrogen (secondary N) is 1. The highest BCUT2D eigenvalue weighted by Crippen LogP contribution is 2.18. The van der Waals surface area contributed by atoms with Crippen LogP contribution >= 0.6 is 0 Å². The van der Waals surface area contributed by atoms with Gasteiger partial charge in [-0.3, -0.25) is 4.79 Å². The first-order valence-electron chi connectivity index (χ1n) is 8.96. The van der Waals surface area contributed by atoms with E-state index in [4.69, 9.17) is 4.74 Å². The van der Waals surface area contributed by atoms with Crippen molar-refractivity contribution in [2.24, 2.45) is 0 Å². The maximum Gasteiger partial charge on any atom is 0.338 e. The third-order valence-corrected chi connectivity index (χ3v) is 4.28. The number of esters is 1. The van der Waals surface area contributed by atoms with E-state index in [0.717, 1.165) is 0 Å². The van der Waals surface area contributed by atoms with Gasteiger partial charge in [0.15, 0.2) is 0 Å². The van der Waals surface area contributed by atoms with Crippen molar-refractivity contribution >= 4 is 11.9 Å². The van der Waals surface area contributed by atoms with Crippen LogP contribution < -0.4 is 5.32 Å². The molecule has 2 atom stereocenters. The van der Waals surface area contributed by atoms with Gasteiger partial charge in [0.05, 0.1) is 11.6 Å². The summed E-state index contributed by atoms with van der Waals surface area (Å²) in [5.74, 6) is -0.865. The van der Waals surface area contributed by atoms with Gasteiger partial charge in [0.25, 0.3) is 5.91 Å². The summed E-state index contributed by atoms with van der Waals surface area (Å²) in [6, 6.07) is 25.4. The Kier molecular flexibility index (Phi) is 6.54. The van der Waals surface area contributed by atoms with Gasteiger partial charge in [-0.1, -0.05) is 66.7 Å². The number of aliphatic hydroxyl groups is 1. The lowest BCUT2D eigenvalue weighted by molar-refractivity contribution is 0.0309. The molecule has 0 radical (unpaired) electrons. The van der Waals surface area contributed by atoms with Crippen molar-refractivity contribution in [2.75, 3.05) is 6.61 Å². The molecule has 142 valence electrons. The molecule has 0 aliphatic heterocycles. The van der Waals surface area contributed by atoms with Gasteiger partial charge in [-0.2, -0.15) is 0 Å². The summed E-state index contributed by atoms with van der Waals surface area (Å²) < 4.78 is 5.36. The van der Waals surface area contributed by atoms with E-state index < -0.39 is 18.1 Å². The molecule has 0 aliphatic carbocycles. The zero-order chi connectivity index (χ0) is 19.8. The molecule has 2 N–H and O–H groups in total. The van der Waals surface area contributed by atoms with Gasteiger partial charge in [0, 0.05) is 5.56 Å².